The van der Waals surface area contributed by atoms with Crippen molar-refractivity contribution in [3.63, 3.8) is 0 Å². The number of carbonyl (C=O) groups is 3. The minimum absolute atomic E-state index is 0.00968. The zero-order valence-corrected chi connectivity index (χ0v) is 27.7. The van der Waals surface area contributed by atoms with Crippen LogP contribution in [0.1, 0.15) is 52.0 Å². The van der Waals surface area contributed by atoms with Gasteiger partial charge in [-0.05, 0) is 69.7 Å². The summed E-state index contributed by atoms with van der Waals surface area (Å²) in [6.07, 6.45) is 1.26. The number of ether oxygens (including phenoxy) is 2. The lowest BCUT2D eigenvalue weighted by atomic mass is 10.1. The summed E-state index contributed by atoms with van der Waals surface area (Å²) in [5, 5.41) is 12.9. The zero-order valence-electron chi connectivity index (χ0n) is 26.9. The van der Waals surface area contributed by atoms with Crippen molar-refractivity contribution in [1.29, 1.82) is 5.26 Å². The Labute approximate surface area is 279 Å². The summed E-state index contributed by atoms with van der Waals surface area (Å²) in [5.41, 5.74) is -0.456. The first-order valence-electron chi connectivity index (χ1n) is 15.8. The van der Waals surface area contributed by atoms with Gasteiger partial charge in [0.25, 0.3) is 5.91 Å². The number of hydrogen-bond donors (Lipinski definition) is 2. The number of aromatic nitrogens is 1. The molecule has 1 saturated heterocycles. The number of carbonyl (C=O) groups excluding carboxylic acids is 3. The second-order valence-electron chi connectivity index (χ2n) is 13.5. The summed E-state index contributed by atoms with van der Waals surface area (Å²) in [7, 11) is -3.86. The van der Waals surface area contributed by atoms with E-state index in [1.54, 1.807) is 45.0 Å². The highest BCUT2D eigenvalue weighted by molar-refractivity contribution is 7.91. The molecule has 0 radical (unpaired) electrons. The molecular weight excluding hydrogens is 634 g/mol. The maximum atomic E-state index is 13.9. The molecule has 3 aliphatic rings. The lowest BCUT2D eigenvalue weighted by molar-refractivity contribution is -0.131. The molecule has 6 rings (SSSR count). The monoisotopic (exact) mass is 671 g/mol. The van der Waals surface area contributed by atoms with E-state index in [1.807, 2.05) is 30.3 Å². The summed E-state index contributed by atoms with van der Waals surface area (Å²) >= 11 is 0. The Morgan fingerprint density at radius 2 is 1.83 bits per heavy atom. The van der Waals surface area contributed by atoms with Crippen LogP contribution in [0.4, 0.5) is 4.79 Å². The Bertz CT molecular complexity index is 1950. The Morgan fingerprint density at radius 3 is 2.46 bits per heavy atom. The van der Waals surface area contributed by atoms with E-state index < -0.39 is 62.4 Å². The van der Waals surface area contributed by atoms with E-state index in [-0.39, 0.29) is 19.4 Å². The third-order valence-electron chi connectivity index (χ3n) is 8.74. The maximum Gasteiger partial charge on any atom is 0.411 e. The van der Waals surface area contributed by atoms with Crippen LogP contribution in [-0.4, -0.2) is 71.3 Å². The van der Waals surface area contributed by atoms with Crippen LogP contribution in [0.3, 0.4) is 0 Å². The minimum atomic E-state index is -3.86. The fourth-order valence-corrected chi connectivity index (χ4v) is 7.31. The van der Waals surface area contributed by atoms with E-state index in [0.717, 1.165) is 16.3 Å². The number of rotatable bonds is 9. The number of likely N-dealkylation sites (tertiary alicyclic amines) is 1. The first-order chi connectivity index (χ1) is 22.7. The van der Waals surface area contributed by atoms with Gasteiger partial charge >= 0.3 is 6.09 Å². The minimum Gasteiger partial charge on any atom is -0.472 e. The molecule has 250 valence electrons. The summed E-state index contributed by atoms with van der Waals surface area (Å²) in [5.74, 6) is -1.64. The van der Waals surface area contributed by atoms with Gasteiger partial charge in [0, 0.05) is 23.3 Å². The molecule has 2 aromatic carbocycles. The smallest absolute Gasteiger partial charge is 0.411 e. The van der Waals surface area contributed by atoms with E-state index in [4.69, 9.17) is 14.5 Å². The van der Waals surface area contributed by atoms with E-state index in [2.05, 4.69) is 22.7 Å². The molecule has 2 heterocycles. The highest BCUT2D eigenvalue weighted by Gasteiger charge is 2.62. The summed E-state index contributed by atoms with van der Waals surface area (Å²) in [6, 6.07) is 17.5. The first kappa shape index (κ1) is 33.0. The third kappa shape index (κ3) is 6.71. The van der Waals surface area contributed by atoms with Gasteiger partial charge in [-0.2, -0.15) is 5.26 Å². The lowest BCUT2D eigenvalue weighted by Gasteiger charge is -2.29. The second-order valence-corrected chi connectivity index (χ2v) is 15.5. The van der Waals surface area contributed by atoms with E-state index in [1.165, 1.54) is 11.0 Å². The van der Waals surface area contributed by atoms with Crippen molar-refractivity contribution in [2.24, 2.45) is 5.92 Å². The molecule has 2 N–H and O–H groups in total. The second kappa shape index (κ2) is 12.2. The van der Waals surface area contributed by atoms with Gasteiger partial charge < -0.3 is 14.8 Å². The fourth-order valence-electron chi connectivity index (χ4n) is 5.95. The predicted molar refractivity (Wildman–Crippen MR) is 177 cm³/mol. The Hall–Kier alpha value is -4.96. The van der Waals surface area contributed by atoms with E-state index in [9.17, 15) is 28.1 Å². The van der Waals surface area contributed by atoms with Crippen LogP contribution >= 0.6 is 0 Å². The van der Waals surface area contributed by atoms with Gasteiger partial charge in [-0.1, -0.05) is 36.4 Å². The molecule has 48 heavy (non-hydrogen) atoms. The number of sulfonamides is 1. The Morgan fingerprint density at radius 1 is 1.12 bits per heavy atom. The van der Waals surface area contributed by atoms with Crippen molar-refractivity contribution in [3.8, 4) is 23.2 Å². The average Bonchev–Trinajstić information content (AvgIpc) is 3.97. The van der Waals surface area contributed by atoms with Crippen molar-refractivity contribution in [3.05, 3.63) is 72.8 Å². The fraction of sp³-hybridized carbons (Fsp3) is 0.400. The van der Waals surface area contributed by atoms with Gasteiger partial charge in [0.15, 0.2) is 0 Å². The van der Waals surface area contributed by atoms with E-state index in [0.29, 0.717) is 30.0 Å². The summed E-state index contributed by atoms with van der Waals surface area (Å²) < 4.78 is 39.4. The van der Waals surface area contributed by atoms with Crippen LogP contribution in [0.2, 0.25) is 0 Å². The number of fused-ring (bicyclic) bond motifs is 1. The van der Waals surface area contributed by atoms with Gasteiger partial charge in [-0.3, -0.25) is 19.2 Å². The number of hydrogen-bond acceptors (Lipinski definition) is 9. The van der Waals surface area contributed by atoms with E-state index >= 15 is 0 Å². The number of amides is 3. The highest BCUT2D eigenvalue weighted by Crippen LogP contribution is 2.45. The van der Waals surface area contributed by atoms with Crippen LogP contribution < -0.4 is 14.8 Å². The molecule has 12 nitrogen and oxygen atoms in total. The Balaban J connectivity index is 1.27. The van der Waals surface area contributed by atoms with Crippen molar-refractivity contribution in [2.45, 2.75) is 75.0 Å². The summed E-state index contributed by atoms with van der Waals surface area (Å²) in [4.78, 5) is 46.8. The highest BCUT2D eigenvalue weighted by atomic mass is 32.2. The van der Waals surface area contributed by atoms with Crippen LogP contribution in [0.5, 0.6) is 5.88 Å². The zero-order chi connectivity index (χ0) is 34.4. The molecular formula is C35H37N5O7S. The van der Waals surface area contributed by atoms with Crippen molar-refractivity contribution in [2.75, 3.05) is 6.54 Å². The van der Waals surface area contributed by atoms with Crippen molar-refractivity contribution >= 4 is 38.7 Å². The van der Waals surface area contributed by atoms with Gasteiger partial charge in [0.05, 0.1) is 29.1 Å². The SMILES string of the molecule is C=C[C@@H]1C[C@]1(NC(=O)[C@@H]1C[C@@H](Oc2nc(-c3ccc(C#N)cc3)cc3ccccc23)CN1C(=O)OC(C)(C)C)C(=O)NS(=O)(=O)C1CC1. The molecule has 0 unspecified atom stereocenters. The summed E-state index contributed by atoms with van der Waals surface area (Å²) in [6.45, 7) is 8.88. The Kier molecular flexibility index (Phi) is 8.41. The van der Waals surface area contributed by atoms with Crippen LogP contribution in [0, 0.1) is 17.2 Å². The normalized spacial score (nSPS) is 23.5. The molecule has 4 atom stereocenters. The number of benzene rings is 2. The topological polar surface area (TPSA) is 168 Å². The average molecular weight is 672 g/mol. The van der Waals surface area contributed by atoms with Crippen LogP contribution in [-0.2, 0) is 24.3 Å². The molecule has 1 aliphatic heterocycles. The first-order valence-corrected chi connectivity index (χ1v) is 17.3. The van der Waals surface area contributed by atoms with Gasteiger partial charge in [0.1, 0.15) is 23.3 Å². The molecule has 3 fully saturated rings. The van der Waals surface area contributed by atoms with Crippen molar-refractivity contribution < 1.29 is 32.3 Å². The molecule has 13 heteroatoms. The predicted octanol–water partition coefficient (Wildman–Crippen LogP) is 4.20. The molecule has 0 bridgehead atoms. The lowest BCUT2D eigenvalue weighted by Crippen LogP contribution is -2.56. The van der Waals surface area contributed by atoms with Gasteiger partial charge in [-0.15, -0.1) is 6.58 Å². The molecule has 2 aliphatic carbocycles. The molecule has 2 saturated carbocycles. The number of nitrogens with one attached hydrogen (secondary N) is 2. The number of nitrogens with zero attached hydrogens (tertiary/aromatic N) is 3. The van der Waals surface area contributed by atoms with Gasteiger partial charge in [0.2, 0.25) is 21.8 Å². The van der Waals surface area contributed by atoms with Crippen LogP contribution in [0.15, 0.2) is 67.3 Å². The van der Waals surface area contributed by atoms with Gasteiger partial charge in [-0.25, -0.2) is 18.2 Å². The van der Waals surface area contributed by atoms with Crippen molar-refractivity contribution in [1.82, 2.24) is 19.9 Å². The molecule has 3 aromatic rings. The largest absolute Gasteiger partial charge is 0.472 e. The quantitative estimate of drug-likeness (QED) is 0.317. The van der Waals surface area contributed by atoms with Crippen LogP contribution in [0.25, 0.3) is 22.0 Å². The molecule has 1 aromatic heterocycles. The number of nitriles is 1. The third-order valence-corrected chi connectivity index (χ3v) is 10.6. The molecule has 0 spiro atoms. The number of pyridine rings is 1. The maximum absolute atomic E-state index is 13.9. The molecule has 3 amide bonds. The standard InChI is InChI=1S/C35H37N5O7S/c1-5-24-18-35(24,32(42)39-48(44,45)26-14-15-26)38-30(41)29-17-25(20-40(29)33(43)47-34(2,3)4)46-31-27-9-7-6-8-23(27)16-28(37-31)22-12-10-21(19-36)11-13-22/h5-13,16,24-26,29H,1,14-15,17-18,20H2,2-4H3,(H,38,41)(H,39,42)/t24-,25-,29+,35-/m1/s1.